The van der Waals surface area contributed by atoms with E-state index in [1.165, 1.54) is 0 Å². The highest BCUT2D eigenvalue weighted by molar-refractivity contribution is 7.13. The number of anilines is 1. The molecule has 0 unspecified atom stereocenters. The van der Waals surface area contributed by atoms with Gasteiger partial charge in [0.15, 0.2) is 5.82 Å². The summed E-state index contributed by atoms with van der Waals surface area (Å²) in [4.78, 5) is 15.5. The van der Waals surface area contributed by atoms with Crippen LogP contribution in [0.15, 0.2) is 29.6 Å². The molecule has 2 aromatic rings. The lowest BCUT2D eigenvalue weighted by Gasteiger charge is -2.31. The van der Waals surface area contributed by atoms with E-state index < -0.39 is 0 Å². The molecule has 5 nitrogen and oxygen atoms in total. The Hall–Kier alpha value is -1.95. The van der Waals surface area contributed by atoms with Crippen LogP contribution >= 0.6 is 11.3 Å². The Kier molecular flexibility index (Phi) is 5.80. The van der Waals surface area contributed by atoms with Crippen LogP contribution < -0.4 is 10.2 Å². The lowest BCUT2D eigenvalue weighted by atomic mass is 9.96. The van der Waals surface area contributed by atoms with Gasteiger partial charge < -0.3 is 10.2 Å². The Labute approximate surface area is 147 Å². The van der Waals surface area contributed by atoms with Gasteiger partial charge in [0.1, 0.15) is 5.69 Å². The summed E-state index contributed by atoms with van der Waals surface area (Å²) in [5.74, 6) is 1.25. The van der Waals surface area contributed by atoms with Crippen molar-refractivity contribution in [1.29, 1.82) is 0 Å². The van der Waals surface area contributed by atoms with Gasteiger partial charge in [0.25, 0.3) is 0 Å². The number of thiophene rings is 1. The van der Waals surface area contributed by atoms with Crippen molar-refractivity contribution in [2.75, 3.05) is 24.5 Å². The van der Waals surface area contributed by atoms with Gasteiger partial charge in [-0.05, 0) is 42.8 Å². The molecular weight excluding hydrogens is 320 g/mol. The average molecular weight is 344 g/mol. The van der Waals surface area contributed by atoms with Gasteiger partial charge >= 0.3 is 0 Å². The van der Waals surface area contributed by atoms with Gasteiger partial charge in [-0.25, -0.2) is 0 Å². The van der Waals surface area contributed by atoms with Crippen molar-refractivity contribution in [3.05, 3.63) is 29.6 Å². The van der Waals surface area contributed by atoms with Crippen molar-refractivity contribution >= 4 is 23.1 Å². The summed E-state index contributed by atoms with van der Waals surface area (Å²) >= 11 is 1.67. The number of aromatic nitrogens is 2. The summed E-state index contributed by atoms with van der Waals surface area (Å²) in [6, 6.07) is 8.13. The van der Waals surface area contributed by atoms with Crippen LogP contribution in [0.3, 0.4) is 0 Å². The van der Waals surface area contributed by atoms with E-state index in [1.54, 1.807) is 11.3 Å². The van der Waals surface area contributed by atoms with Crippen molar-refractivity contribution < 1.29 is 4.79 Å². The van der Waals surface area contributed by atoms with E-state index in [-0.39, 0.29) is 11.8 Å². The smallest absolute Gasteiger partial charge is 0.223 e. The first-order valence-electron chi connectivity index (χ1n) is 8.68. The molecule has 3 heterocycles. The molecule has 1 aliphatic heterocycles. The third-order valence-corrected chi connectivity index (χ3v) is 5.34. The third-order valence-electron chi connectivity index (χ3n) is 4.44. The minimum Gasteiger partial charge on any atom is -0.356 e. The molecule has 2 aromatic heterocycles. The van der Waals surface area contributed by atoms with E-state index in [0.29, 0.717) is 0 Å². The van der Waals surface area contributed by atoms with Crippen molar-refractivity contribution in [2.45, 2.75) is 32.6 Å². The van der Waals surface area contributed by atoms with Gasteiger partial charge in [-0.1, -0.05) is 19.4 Å². The van der Waals surface area contributed by atoms with E-state index in [1.807, 2.05) is 23.6 Å². The largest absolute Gasteiger partial charge is 0.356 e. The molecule has 0 aliphatic carbocycles. The van der Waals surface area contributed by atoms with Crippen LogP contribution in [-0.4, -0.2) is 35.7 Å². The molecule has 24 heavy (non-hydrogen) atoms. The SMILES string of the molecule is CCCCNC(=O)C1CCN(c2ccc(-c3cccs3)nn2)CC1. The maximum atomic E-state index is 12.1. The number of nitrogens with zero attached hydrogens (tertiary/aromatic N) is 3. The molecule has 0 saturated carbocycles. The molecule has 0 spiro atoms. The van der Waals surface area contributed by atoms with Gasteiger partial charge in [-0.2, -0.15) is 0 Å². The van der Waals surface area contributed by atoms with Crippen LogP contribution in [0.5, 0.6) is 0 Å². The lowest BCUT2D eigenvalue weighted by molar-refractivity contribution is -0.125. The van der Waals surface area contributed by atoms with Crippen LogP contribution in [0, 0.1) is 5.92 Å². The first-order chi connectivity index (χ1) is 11.8. The Morgan fingerprint density at radius 2 is 2.12 bits per heavy atom. The van der Waals surface area contributed by atoms with Crippen molar-refractivity contribution in [3.8, 4) is 10.6 Å². The fourth-order valence-corrected chi connectivity index (χ4v) is 3.64. The minimum absolute atomic E-state index is 0.136. The molecular formula is C18H24N4OS. The Morgan fingerprint density at radius 3 is 2.75 bits per heavy atom. The molecule has 0 bridgehead atoms. The standard InChI is InChI=1S/C18H24N4OS/c1-2-3-10-19-18(23)14-8-11-22(12-9-14)17-7-6-15(20-21-17)16-5-4-13-24-16/h4-7,13-14H,2-3,8-12H2,1H3,(H,19,23). The maximum absolute atomic E-state index is 12.1. The molecule has 128 valence electrons. The zero-order valence-corrected chi connectivity index (χ0v) is 14.9. The van der Waals surface area contributed by atoms with Gasteiger partial charge in [0, 0.05) is 25.6 Å². The lowest BCUT2D eigenvalue weighted by Crippen LogP contribution is -2.41. The molecule has 0 aromatic carbocycles. The van der Waals surface area contributed by atoms with Crippen molar-refractivity contribution in [2.24, 2.45) is 5.92 Å². The molecule has 1 fully saturated rings. The Balaban J connectivity index is 1.52. The summed E-state index contributed by atoms with van der Waals surface area (Å²) in [6.45, 7) is 4.65. The van der Waals surface area contributed by atoms with E-state index in [9.17, 15) is 4.79 Å². The fourth-order valence-electron chi connectivity index (χ4n) is 2.95. The first kappa shape index (κ1) is 16.9. The molecule has 0 radical (unpaired) electrons. The van der Waals surface area contributed by atoms with Crippen molar-refractivity contribution in [3.63, 3.8) is 0 Å². The van der Waals surface area contributed by atoms with E-state index >= 15 is 0 Å². The summed E-state index contributed by atoms with van der Waals surface area (Å²) in [7, 11) is 0. The highest BCUT2D eigenvalue weighted by Crippen LogP contribution is 2.25. The zero-order valence-electron chi connectivity index (χ0n) is 14.1. The highest BCUT2D eigenvalue weighted by atomic mass is 32.1. The summed E-state index contributed by atoms with van der Waals surface area (Å²) in [5, 5.41) is 13.8. The van der Waals surface area contributed by atoms with Crippen LogP contribution in [-0.2, 0) is 4.79 Å². The number of nitrogens with one attached hydrogen (secondary N) is 1. The topological polar surface area (TPSA) is 58.1 Å². The van der Waals surface area contributed by atoms with Gasteiger partial charge in [0.05, 0.1) is 4.88 Å². The molecule has 1 saturated heterocycles. The Morgan fingerprint density at radius 1 is 1.29 bits per heavy atom. The predicted octanol–water partition coefficient (Wildman–Crippen LogP) is 3.34. The number of piperidine rings is 1. The van der Waals surface area contributed by atoms with Crippen LogP contribution in [0.1, 0.15) is 32.6 Å². The molecule has 6 heteroatoms. The number of amides is 1. The summed E-state index contributed by atoms with van der Waals surface area (Å²) < 4.78 is 0. The third kappa shape index (κ3) is 4.12. The second-order valence-corrected chi connectivity index (χ2v) is 7.11. The quantitative estimate of drug-likeness (QED) is 0.817. The number of carbonyl (C=O) groups excluding carboxylic acids is 1. The second kappa shape index (κ2) is 8.24. The summed E-state index contributed by atoms with van der Waals surface area (Å²) in [5.41, 5.74) is 0.916. The van der Waals surface area contributed by atoms with Crippen LogP contribution in [0.2, 0.25) is 0 Å². The van der Waals surface area contributed by atoms with Gasteiger partial charge in [-0.3, -0.25) is 4.79 Å². The van der Waals surface area contributed by atoms with E-state index in [0.717, 1.165) is 61.7 Å². The van der Waals surface area contributed by atoms with Gasteiger partial charge in [0.2, 0.25) is 5.91 Å². The second-order valence-electron chi connectivity index (χ2n) is 6.16. The fraction of sp³-hybridized carbons (Fsp3) is 0.500. The molecule has 1 N–H and O–H groups in total. The van der Waals surface area contributed by atoms with E-state index in [2.05, 4.69) is 33.4 Å². The Bertz CT molecular complexity index is 634. The number of unbranched alkanes of at least 4 members (excludes halogenated alkanes) is 1. The van der Waals surface area contributed by atoms with Crippen LogP contribution in [0.25, 0.3) is 10.6 Å². The number of carbonyl (C=O) groups is 1. The van der Waals surface area contributed by atoms with E-state index in [4.69, 9.17) is 0 Å². The number of hydrogen-bond acceptors (Lipinski definition) is 5. The minimum atomic E-state index is 0.136. The number of rotatable bonds is 6. The molecule has 3 rings (SSSR count). The van der Waals surface area contributed by atoms with Crippen LogP contribution in [0.4, 0.5) is 5.82 Å². The zero-order chi connectivity index (χ0) is 16.8. The van der Waals surface area contributed by atoms with Gasteiger partial charge in [-0.15, -0.1) is 21.5 Å². The maximum Gasteiger partial charge on any atom is 0.223 e. The average Bonchev–Trinajstić information content (AvgIpc) is 3.17. The highest BCUT2D eigenvalue weighted by Gasteiger charge is 2.25. The van der Waals surface area contributed by atoms with Crippen molar-refractivity contribution in [1.82, 2.24) is 15.5 Å². The molecule has 1 amide bonds. The molecule has 0 atom stereocenters. The first-order valence-corrected chi connectivity index (χ1v) is 9.56. The monoisotopic (exact) mass is 344 g/mol. The molecule has 1 aliphatic rings. The normalized spacial score (nSPS) is 15.5. The predicted molar refractivity (Wildman–Crippen MR) is 98.2 cm³/mol. The summed E-state index contributed by atoms with van der Waals surface area (Å²) in [6.07, 6.45) is 3.92. The number of hydrogen-bond donors (Lipinski definition) is 1.